The Balaban J connectivity index is 2.00. The van der Waals surface area contributed by atoms with Gasteiger partial charge in [-0.3, -0.25) is 0 Å². The van der Waals surface area contributed by atoms with Crippen LogP contribution < -0.4 is 10.6 Å². The molecule has 0 aliphatic carbocycles. The monoisotopic (exact) mass is 336 g/mol. The molecule has 0 saturated carbocycles. The second-order valence-electron chi connectivity index (χ2n) is 7.61. The minimum Gasteiger partial charge on any atom is -0.458 e. The van der Waals surface area contributed by atoms with Crippen LogP contribution in [0, 0.1) is 0 Å². The highest BCUT2D eigenvalue weighted by atomic mass is 16.6. The van der Waals surface area contributed by atoms with Gasteiger partial charge in [0.05, 0.1) is 6.10 Å². The molecule has 1 aliphatic rings. The van der Waals surface area contributed by atoms with Crippen LogP contribution in [0.1, 0.15) is 47.5 Å². The normalized spacial score (nSPS) is 19.2. The molecule has 1 atom stereocenters. The third-order valence-corrected chi connectivity index (χ3v) is 3.71. The number of nitrogens with two attached hydrogens (primary N) is 1. The number of nitrogen functional groups attached to an aromatic ring is 1. The van der Waals surface area contributed by atoms with Gasteiger partial charge < -0.3 is 20.1 Å². The van der Waals surface area contributed by atoms with Crippen molar-refractivity contribution in [3.8, 4) is 0 Å². The van der Waals surface area contributed by atoms with Gasteiger partial charge in [-0.25, -0.2) is 9.78 Å². The average molecular weight is 336 g/mol. The molecule has 7 nitrogen and oxygen atoms in total. The van der Waals surface area contributed by atoms with Gasteiger partial charge in [0.25, 0.3) is 0 Å². The summed E-state index contributed by atoms with van der Waals surface area (Å²) >= 11 is 0. The number of nitrogens with zero attached hydrogens (tertiary/aromatic N) is 3. The molecule has 0 radical (unpaired) electrons. The van der Waals surface area contributed by atoms with Crippen molar-refractivity contribution in [1.82, 2.24) is 9.97 Å². The second kappa shape index (κ2) is 6.93. The van der Waals surface area contributed by atoms with E-state index in [1.165, 1.54) is 0 Å². The van der Waals surface area contributed by atoms with Gasteiger partial charge in [0.2, 0.25) is 5.95 Å². The molecule has 1 aromatic rings. The topological polar surface area (TPSA) is 90.6 Å². The first-order valence-corrected chi connectivity index (χ1v) is 8.31. The van der Waals surface area contributed by atoms with Crippen LogP contribution in [0.25, 0.3) is 0 Å². The van der Waals surface area contributed by atoms with E-state index in [0.29, 0.717) is 6.54 Å². The maximum absolute atomic E-state index is 12.4. The lowest BCUT2D eigenvalue weighted by Gasteiger charge is -2.37. The zero-order chi connectivity index (χ0) is 18.0. The van der Waals surface area contributed by atoms with E-state index >= 15 is 0 Å². The quantitative estimate of drug-likeness (QED) is 0.843. The molecule has 2 N–H and O–H groups in total. The van der Waals surface area contributed by atoms with Crippen LogP contribution >= 0.6 is 0 Å². The van der Waals surface area contributed by atoms with Crippen LogP contribution in [-0.4, -0.2) is 46.3 Å². The van der Waals surface area contributed by atoms with Crippen LogP contribution in [0.2, 0.25) is 0 Å². The number of piperidine rings is 1. The molecule has 0 spiro atoms. The van der Waals surface area contributed by atoms with E-state index in [0.717, 1.165) is 25.2 Å². The third kappa shape index (κ3) is 5.06. The van der Waals surface area contributed by atoms with E-state index in [4.69, 9.17) is 15.2 Å². The Morgan fingerprint density at radius 1 is 1.33 bits per heavy atom. The largest absolute Gasteiger partial charge is 0.458 e. The maximum atomic E-state index is 12.4. The first-order chi connectivity index (χ1) is 11.1. The molecule has 1 fully saturated rings. The van der Waals surface area contributed by atoms with E-state index in [9.17, 15) is 4.79 Å². The molecule has 0 bridgehead atoms. The summed E-state index contributed by atoms with van der Waals surface area (Å²) in [5, 5.41) is 0. The van der Waals surface area contributed by atoms with Gasteiger partial charge in [-0.05, 0) is 53.5 Å². The molecular weight excluding hydrogens is 308 g/mol. The molecule has 0 amide bonds. The number of ether oxygens (including phenoxy) is 2. The second-order valence-corrected chi connectivity index (χ2v) is 7.61. The lowest BCUT2D eigenvalue weighted by molar-refractivity contribution is -0.186. The fourth-order valence-corrected chi connectivity index (χ4v) is 2.65. The molecule has 2 rings (SSSR count). The Morgan fingerprint density at radius 3 is 2.67 bits per heavy atom. The van der Waals surface area contributed by atoms with Gasteiger partial charge in [-0.1, -0.05) is 0 Å². The highest BCUT2D eigenvalue weighted by Crippen LogP contribution is 2.25. The average Bonchev–Trinajstić information content (AvgIpc) is 2.45. The first-order valence-electron chi connectivity index (χ1n) is 8.31. The summed E-state index contributed by atoms with van der Waals surface area (Å²) in [6.07, 6.45) is 3.42. The van der Waals surface area contributed by atoms with E-state index in [2.05, 4.69) is 14.9 Å². The summed E-state index contributed by atoms with van der Waals surface area (Å²) < 4.78 is 11.5. The Hall–Kier alpha value is -1.89. The van der Waals surface area contributed by atoms with Gasteiger partial charge in [0.15, 0.2) is 5.60 Å². The summed E-state index contributed by atoms with van der Waals surface area (Å²) in [5.41, 5.74) is 4.13. The molecule has 1 aliphatic heterocycles. The lowest BCUT2D eigenvalue weighted by Crippen LogP contribution is -2.48. The van der Waals surface area contributed by atoms with Crippen LogP contribution in [-0.2, 0) is 14.3 Å². The van der Waals surface area contributed by atoms with E-state index in [1.807, 2.05) is 26.8 Å². The van der Waals surface area contributed by atoms with E-state index < -0.39 is 11.2 Å². The summed E-state index contributed by atoms with van der Waals surface area (Å²) in [6.45, 7) is 10.6. The molecule has 0 unspecified atom stereocenters. The highest BCUT2D eigenvalue weighted by Gasteiger charge is 2.37. The van der Waals surface area contributed by atoms with Crippen LogP contribution in [0.4, 0.5) is 11.8 Å². The van der Waals surface area contributed by atoms with Gasteiger partial charge >= 0.3 is 5.97 Å². The molecule has 1 aromatic heterocycles. The molecule has 0 aromatic carbocycles. The van der Waals surface area contributed by atoms with Crippen molar-refractivity contribution in [2.45, 2.75) is 64.8 Å². The molecule has 24 heavy (non-hydrogen) atoms. The number of hydrogen-bond acceptors (Lipinski definition) is 7. The van der Waals surface area contributed by atoms with Gasteiger partial charge in [-0.15, -0.1) is 0 Å². The van der Waals surface area contributed by atoms with Crippen molar-refractivity contribution < 1.29 is 14.3 Å². The minimum absolute atomic E-state index is 0.0718. The molecule has 2 heterocycles. The lowest BCUT2D eigenvalue weighted by atomic mass is 10.0. The Labute approximate surface area is 143 Å². The standard InChI is InChI=1S/C17H28N4O3/c1-16(2,3)24-14(22)17(4,5)23-12-7-6-10-21(11-12)13-8-9-19-15(18)20-13/h8-9,12H,6-7,10-11H2,1-5H3,(H2,18,19,20)/t12-/m1/s1. The summed E-state index contributed by atoms with van der Waals surface area (Å²) in [5.74, 6) is 0.689. The van der Waals surface area contributed by atoms with Crippen molar-refractivity contribution in [1.29, 1.82) is 0 Å². The smallest absolute Gasteiger partial charge is 0.338 e. The summed E-state index contributed by atoms with van der Waals surface area (Å²) in [4.78, 5) is 22.6. The SMILES string of the molecule is CC(C)(C)OC(=O)C(C)(C)O[C@@H]1CCCN(c2ccnc(N)n2)C1. The molecule has 1 saturated heterocycles. The zero-order valence-electron chi connectivity index (χ0n) is 15.2. The van der Waals surface area contributed by atoms with Gasteiger partial charge in [-0.2, -0.15) is 4.98 Å². The Kier molecular flexibility index (Phi) is 5.32. The van der Waals surface area contributed by atoms with Crippen molar-refractivity contribution >= 4 is 17.7 Å². The molecule has 7 heteroatoms. The fourth-order valence-electron chi connectivity index (χ4n) is 2.65. The number of carbonyl (C=O) groups is 1. The predicted molar refractivity (Wildman–Crippen MR) is 92.7 cm³/mol. The van der Waals surface area contributed by atoms with E-state index in [-0.39, 0.29) is 18.0 Å². The number of hydrogen-bond donors (Lipinski definition) is 1. The van der Waals surface area contributed by atoms with Crippen LogP contribution in [0.3, 0.4) is 0 Å². The van der Waals surface area contributed by atoms with Gasteiger partial charge in [0, 0.05) is 19.3 Å². The maximum Gasteiger partial charge on any atom is 0.338 e. The van der Waals surface area contributed by atoms with Crippen molar-refractivity contribution in [3.63, 3.8) is 0 Å². The Bertz CT molecular complexity index is 583. The summed E-state index contributed by atoms with van der Waals surface area (Å²) in [6, 6.07) is 1.83. The number of rotatable bonds is 4. The number of anilines is 2. The zero-order valence-corrected chi connectivity index (χ0v) is 15.2. The van der Waals surface area contributed by atoms with Crippen LogP contribution in [0.15, 0.2) is 12.3 Å². The summed E-state index contributed by atoms with van der Waals surface area (Å²) in [7, 11) is 0. The minimum atomic E-state index is -0.994. The highest BCUT2D eigenvalue weighted by molar-refractivity contribution is 5.79. The van der Waals surface area contributed by atoms with Gasteiger partial charge in [0.1, 0.15) is 11.4 Å². The molecule has 134 valence electrons. The Morgan fingerprint density at radius 2 is 2.04 bits per heavy atom. The predicted octanol–water partition coefficient (Wildman–Crippen LogP) is 2.16. The van der Waals surface area contributed by atoms with Crippen molar-refractivity contribution in [2.75, 3.05) is 23.7 Å². The first kappa shape index (κ1) is 18.4. The number of aromatic nitrogens is 2. The number of carbonyl (C=O) groups excluding carboxylic acids is 1. The third-order valence-electron chi connectivity index (χ3n) is 3.71. The van der Waals surface area contributed by atoms with Crippen LogP contribution in [0.5, 0.6) is 0 Å². The van der Waals surface area contributed by atoms with Crippen molar-refractivity contribution in [3.05, 3.63) is 12.3 Å². The molecular formula is C17H28N4O3. The number of esters is 1. The van der Waals surface area contributed by atoms with Crippen molar-refractivity contribution in [2.24, 2.45) is 0 Å². The fraction of sp³-hybridized carbons (Fsp3) is 0.706. The van der Waals surface area contributed by atoms with E-state index in [1.54, 1.807) is 20.0 Å².